The van der Waals surface area contributed by atoms with Gasteiger partial charge in [-0.05, 0) is 55.1 Å². The molecule has 2 aromatic carbocycles. The van der Waals surface area contributed by atoms with Crippen LogP contribution in [0, 0.1) is 0 Å². The van der Waals surface area contributed by atoms with E-state index in [0.29, 0.717) is 11.9 Å². The smallest absolute Gasteiger partial charge is 0.240 e. The molecule has 1 fully saturated rings. The van der Waals surface area contributed by atoms with E-state index in [9.17, 15) is 0 Å². The maximum atomic E-state index is 6.27. The highest BCUT2D eigenvalue weighted by Gasteiger charge is 2.20. The van der Waals surface area contributed by atoms with Crippen molar-refractivity contribution in [1.82, 2.24) is 15.0 Å². The molecule has 6 heteroatoms. The van der Waals surface area contributed by atoms with Gasteiger partial charge in [0.15, 0.2) is 0 Å². The third-order valence-corrected chi connectivity index (χ3v) is 4.62. The minimum absolute atomic E-state index is 0.215. The lowest BCUT2D eigenvalue weighted by Crippen LogP contribution is -2.31. The van der Waals surface area contributed by atoms with Crippen molar-refractivity contribution in [3.8, 4) is 0 Å². The van der Waals surface area contributed by atoms with E-state index in [4.69, 9.17) is 16.6 Å². The summed E-state index contributed by atoms with van der Waals surface area (Å²) >= 11 is 6.27. The summed E-state index contributed by atoms with van der Waals surface area (Å²) in [6.45, 7) is 1.91. The molecule has 1 aliphatic heterocycles. The Morgan fingerprint density at radius 3 is 1.88 bits per heavy atom. The van der Waals surface area contributed by atoms with Crippen LogP contribution in [0.15, 0.2) is 60.7 Å². The van der Waals surface area contributed by atoms with Crippen LogP contribution in [0.1, 0.15) is 19.3 Å². The number of halogens is 1. The molecule has 0 aliphatic carbocycles. The first-order chi connectivity index (χ1) is 12.8. The number of nitrogens with zero attached hydrogens (tertiary/aromatic N) is 5. The van der Waals surface area contributed by atoms with Gasteiger partial charge in [-0.3, -0.25) is 4.90 Å². The maximum Gasteiger partial charge on any atom is 0.240 e. The van der Waals surface area contributed by atoms with Crippen molar-refractivity contribution in [2.45, 2.75) is 19.3 Å². The van der Waals surface area contributed by atoms with Crippen LogP contribution in [0.25, 0.3) is 0 Å². The van der Waals surface area contributed by atoms with E-state index >= 15 is 0 Å². The SMILES string of the molecule is Clc1nc(N2CCCCC2)nc(N(c2ccccc2)c2ccccc2)n1. The van der Waals surface area contributed by atoms with Crippen LogP contribution in [0.4, 0.5) is 23.3 Å². The fraction of sp³-hybridized carbons (Fsp3) is 0.250. The van der Waals surface area contributed by atoms with Gasteiger partial charge < -0.3 is 4.90 Å². The van der Waals surface area contributed by atoms with E-state index < -0.39 is 0 Å². The Morgan fingerprint density at radius 2 is 1.31 bits per heavy atom. The molecule has 1 aliphatic rings. The summed E-state index contributed by atoms with van der Waals surface area (Å²) in [5.74, 6) is 1.18. The predicted octanol–water partition coefficient (Wildman–Crippen LogP) is 4.99. The van der Waals surface area contributed by atoms with Crippen LogP contribution in [0.2, 0.25) is 5.28 Å². The highest BCUT2D eigenvalue weighted by Crippen LogP contribution is 2.33. The summed E-state index contributed by atoms with van der Waals surface area (Å²) in [7, 11) is 0. The summed E-state index contributed by atoms with van der Waals surface area (Å²) in [6.07, 6.45) is 3.56. The summed E-state index contributed by atoms with van der Waals surface area (Å²) in [6, 6.07) is 20.1. The van der Waals surface area contributed by atoms with E-state index in [0.717, 1.165) is 37.3 Å². The predicted molar refractivity (Wildman–Crippen MR) is 106 cm³/mol. The second kappa shape index (κ2) is 7.70. The van der Waals surface area contributed by atoms with Crippen molar-refractivity contribution >= 4 is 34.9 Å². The first-order valence-electron chi connectivity index (χ1n) is 8.88. The molecule has 0 bridgehead atoms. The molecule has 1 aromatic heterocycles. The lowest BCUT2D eigenvalue weighted by Gasteiger charge is -2.28. The minimum atomic E-state index is 0.215. The number of aromatic nitrogens is 3. The lowest BCUT2D eigenvalue weighted by atomic mass is 10.1. The molecule has 26 heavy (non-hydrogen) atoms. The van der Waals surface area contributed by atoms with Gasteiger partial charge in [0.1, 0.15) is 0 Å². The van der Waals surface area contributed by atoms with Crippen molar-refractivity contribution in [3.05, 3.63) is 65.9 Å². The van der Waals surface area contributed by atoms with Crippen molar-refractivity contribution in [2.24, 2.45) is 0 Å². The van der Waals surface area contributed by atoms with Gasteiger partial charge in [0, 0.05) is 24.5 Å². The van der Waals surface area contributed by atoms with Gasteiger partial charge in [0.2, 0.25) is 17.2 Å². The molecule has 5 nitrogen and oxygen atoms in total. The number of piperidine rings is 1. The Hall–Kier alpha value is -2.66. The van der Waals surface area contributed by atoms with Gasteiger partial charge in [-0.2, -0.15) is 15.0 Å². The number of benzene rings is 2. The van der Waals surface area contributed by atoms with Gasteiger partial charge >= 0.3 is 0 Å². The van der Waals surface area contributed by atoms with Crippen LogP contribution >= 0.6 is 11.6 Å². The van der Waals surface area contributed by atoms with Gasteiger partial charge in [-0.15, -0.1) is 0 Å². The number of anilines is 4. The highest BCUT2D eigenvalue weighted by molar-refractivity contribution is 6.28. The van der Waals surface area contributed by atoms with Gasteiger partial charge in [0.05, 0.1) is 0 Å². The molecule has 0 amide bonds. The van der Waals surface area contributed by atoms with Gasteiger partial charge in [0.25, 0.3) is 0 Å². The van der Waals surface area contributed by atoms with Crippen LogP contribution in [-0.4, -0.2) is 28.0 Å². The minimum Gasteiger partial charge on any atom is -0.341 e. The first kappa shape index (κ1) is 16.8. The van der Waals surface area contributed by atoms with E-state index in [1.165, 1.54) is 6.42 Å². The monoisotopic (exact) mass is 365 g/mol. The molecule has 0 atom stereocenters. The molecule has 4 rings (SSSR count). The van der Waals surface area contributed by atoms with Crippen LogP contribution in [0.5, 0.6) is 0 Å². The lowest BCUT2D eigenvalue weighted by molar-refractivity contribution is 0.567. The summed E-state index contributed by atoms with van der Waals surface area (Å²) < 4.78 is 0. The Morgan fingerprint density at radius 1 is 0.731 bits per heavy atom. The molecule has 1 saturated heterocycles. The summed E-state index contributed by atoms with van der Waals surface area (Å²) in [4.78, 5) is 17.7. The molecular weight excluding hydrogens is 346 g/mol. The standard InChI is InChI=1S/C20H20ClN5/c21-18-22-19(25-14-8-3-9-15-25)24-20(23-18)26(16-10-4-1-5-11-16)17-12-6-2-7-13-17/h1-2,4-7,10-13H,3,8-9,14-15H2. The zero-order chi connectivity index (χ0) is 17.8. The number of hydrogen-bond donors (Lipinski definition) is 0. The van der Waals surface area contributed by atoms with Crippen molar-refractivity contribution in [3.63, 3.8) is 0 Å². The molecule has 0 radical (unpaired) electrons. The average Bonchev–Trinajstić information content (AvgIpc) is 2.70. The molecular formula is C20H20ClN5. The zero-order valence-corrected chi connectivity index (χ0v) is 15.2. The fourth-order valence-electron chi connectivity index (χ4n) is 3.20. The van der Waals surface area contributed by atoms with Crippen LogP contribution in [0.3, 0.4) is 0 Å². The third kappa shape index (κ3) is 3.63. The Kier molecular flexibility index (Phi) is 4.97. The summed E-state index contributed by atoms with van der Waals surface area (Å²) in [5, 5.41) is 0.215. The van der Waals surface area contributed by atoms with Crippen LogP contribution in [-0.2, 0) is 0 Å². The zero-order valence-electron chi connectivity index (χ0n) is 14.4. The quantitative estimate of drug-likeness (QED) is 0.652. The van der Waals surface area contributed by atoms with Crippen LogP contribution < -0.4 is 9.80 Å². The Labute approximate surface area is 158 Å². The van der Waals surface area contributed by atoms with Crippen molar-refractivity contribution in [1.29, 1.82) is 0 Å². The van der Waals surface area contributed by atoms with E-state index in [1.807, 2.05) is 65.6 Å². The Balaban J connectivity index is 1.79. The van der Waals surface area contributed by atoms with Crippen molar-refractivity contribution in [2.75, 3.05) is 22.9 Å². The average molecular weight is 366 g/mol. The molecule has 0 spiro atoms. The third-order valence-electron chi connectivity index (χ3n) is 4.45. The number of para-hydroxylation sites is 2. The largest absolute Gasteiger partial charge is 0.341 e. The second-order valence-corrected chi connectivity index (χ2v) is 6.60. The molecule has 3 aromatic rings. The van der Waals surface area contributed by atoms with Gasteiger partial charge in [-0.25, -0.2) is 0 Å². The molecule has 0 unspecified atom stereocenters. The molecule has 132 valence electrons. The molecule has 2 heterocycles. The first-order valence-corrected chi connectivity index (χ1v) is 9.26. The molecule has 0 N–H and O–H groups in total. The Bertz CT molecular complexity index is 811. The highest BCUT2D eigenvalue weighted by atomic mass is 35.5. The maximum absolute atomic E-state index is 6.27. The van der Waals surface area contributed by atoms with E-state index in [1.54, 1.807) is 0 Å². The van der Waals surface area contributed by atoms with Crippen molar-refractivity contribution < 1.29 is 0 Å². The summed E-state index contributed by atoms with van der Waals surface area (Å²) in [5.41, 5.74) is 1.95. The second-order valence-electron chi connectivity index (χ2n) is 6.26. The normalized spacial score (nSPS) is 14.3. The van der Waals surface area contributed by atoms with E-state index in [-0.39, 0.29) is 5.28 Å². The number of rotatable bonds is 4. The fourth-order valence-corrected chi connectivity index (χ4v) is 3.35. The topological polar surface area (TPSA) is 45.2 Å². The number of hydrogen-bond acceptors (Lipinski definition) is 5. The molecule has 0 saturated carbocycles. The van der Waals surface area contributed by atoms with Gasteiger partial charge in [-0.1, -0.05) is 36.4 Å². The van der Waals surface area contributed by atoms with E-state index in [2.05, 4.69) is 14.9 Å².